The smallest absolute Gasteiger partial charge is 0.257 e. The first-order valence-corrected chi connectivity index (χ1v) is 11.8. The van der Waals surface area contributed by atoms with Gasteiger partial charge in [-0.3, -0.25) is 9.78 Å². The number of fused-ring (bicyclic) bond motifs is 1. The Hall–Kier alpha value is -3.50. The molecule has 0 amide bonds. The quantitative estimate of drug-likeness (QED) is 0.403. The van der Waals surface area contributed by atoms with E-state index in [0.29, 0.717) is 38.4 Å². The van der Waals surface area contributed by atoms with Crippen LogP contribution in [0.1, 0.15) is 18.7 Å². The van der Waals surface area contributed by atoms with E-state index >= 15 is 0 Å². The van der Waals surface area contributed by atoms with Gasteiger partial charge >= 0.3 is 0 Å². The van der Waals surface area contributed by atoms with Crippen molar-refractivity contribution in [1.82, 2.24) is 19.9 Å². The summed E-state index contributed by atoms with van der Waals surface area (Å²) < 4.78 is 23.9. The molecule has 0 bridgehead atoms. The lowest BCUT2D eigenvalue weighted by Gasteiger charge is -2.18. The number of sulfone groups is 1. The van der Waals surface area contributed by atoms with E-state index in [2.05, 4.69) is 25.3 Å². The van der Waals surface area contributed by atoms with Crippen LogP contribution < -0.4 is 16.6 Å². The van der Waals surface area contributed by atoms with Gasteiger partial charge in [-0.25, -0.2) is 13.4 Å². The summed E-state index contributed by atoms with van der Waals surface area (Å²) in [4.78, 5) is 27.8. The van der Waals surface area contributed by atoms with Gasteiger partial charge < -0.3 is 16.0 Å². The molecule has 0 saturated carbocycles. The second kappa shape index (κ2) is 8.21. The van der Waals surface area contributed by atoms with Gasteiger partial charge in [-0.1, -0.05) is 23.7 Å². The van der Waals surface area contributed by atoms with Crippen LogP contribution in [0, 0.1) is 0 Å². The number of nitrogens with one attached hydrogen (secondary N) is 2. The number of nitrogens with two attached hydrogens (primary N) is 1. The zero-order valence-electron chi connectivity index (χ0n) is 17.1. The number of aromatic nitrogens is 4. The molecule has 0 unspecified atom stereocenters. The number of aromatic amines is 1. The summed E-state index contributed by atoms with van der Waals surface area (Å²) in [6.45, 7) is 1.84. The van der Waals surface area contributed by atoms with Crippen LogP contribution in [0.3, 0.4) is 0 Å². The van der Waals surface area contributed by atoms with Crippen LogP contribution in [-0.2, 0) is 9.84 Å². The van der Waals surface area contributed by atoms with Gasteiger partial charge in [0.2, 0.25) is 5.95 Å². The Labute approximate surface area is 188 Å². The summed E-state index contributed by atoms with van der Waals surface area (Å²) in [5.41, 5.74) is 7.10. The van der Waals surface area contributed by atoms with Gasteiger partial charge in [0.1, 0.15) is 5.82 Å². The predicted molar refractivity (Wildman–Crippen MR) is 124 cm³/mol. The van der Waals surface area contributed by atoms with Gasteiger partial charge in [-0.15, -0.1) is 0 Å². The minimum atomic E-state index is -3.45. The highest BCUT2D eigenvalue weighted by Gasteiger charge is 2.17. The molecule has 9 nitrogen and oxygen atoms in total. The van der Waals surface area contributed by atoms with Crippen molar-refractivity contribution in [2.45, 2.75) is 17.9 Å². The zero-order valence-corrected chi connectivity index (χ0v) is 18.7. The highest BCUT2D eigenvalue weighted by Crippen LogP contribution is 2.30. The summed E-state index contributed by atoms with van der Waals surface area (Å²) >= 11 is 6.16. The topological polar surface area (TPSA) is 144 Å². The molecule has 3 heterocycles. The number of halogens is 1. The Morgan fingerprint density at radius 2 is 1.97 bits per heavy atom. The fourth-order valence-corrected chi connectivity index (χ4v) is 4.16. The van der Waals surface area contributed by atoms with E-state index in [-0.39, 0.29) is 22.4 Å². The van der Waals surface area contributed by atoms with E-state index in [1.807, 2.05) is 19.1 Å². The number of nitrogens with zero attached hydrogens (tertiary/aromatic N) is 3. The molecule has 0 saturated heterocycles. The van der Waals surface area contributed by atoms with Crippen LogP contribution in [0.15, 0.2) is 58.6 Å². The van der Waals surface area contributed by atoms with Crippen molar-refractivity contribution < 1.29 is 8.42 Å². The third-order valence-corrected chi connectivity index (χ3v) is 6.32. The van der Waals surface area contributed by atoms with Gasteiger partial charge in [-0.05, 0) is 30.5 Å². The second-order valence-corrected chi connectivity index (χ2v) is 9.72. The molecule has 32 heavy (non-hydrogen) atoms. The molecule has 0 aliphatic rings. The Morgan fingerprint density at radius 3 is 2.72 bits per heavy atom. The standard InChI is InChI=1S/C21H19ClN6O3S/c1-11(17-7-12-4-3-5-16(22)18(12)20(29)27-17)26-19-15(10-25-21(23)28-19)13-6-14(9-24-8-13)32(2,30)31/h3-11H,1-2H3,(H,27,29)(H3,23,25,26,28)/t11-/m0/s1. The van der Waals surface area contributed by atoms with E-state index < -0.39 is 9.84 Å². The van der Waals surface area contributed by atoms with Crippen LogP contribution in [0.2, 0.25) is 5.02 Å². The van der Waals surface area contributed by atoms with Gasteiger partial charge in [0, 0.05) is 41.7 Å². The maximum Gasteiger partial charge on any atom is 0.257 e. The number of nitrogen functional groups attached to an aromatic ring is 1. The average molecular weight is 471 g/mol. The number of pyridine rings is 2. The van der Waals surface area contributed by atoms with Crippen LogP contribution in [0.5, 0.6) is 0 Å². The molecule has 0 radical (unpaired) electrons. The molecule has 4 N–H and O–H groups in total. The summed E-state index contributed by atoms with van der Waals surface area (Å²) in [5, 5.41) is 4.72. The molecular formula is C21H19ClN6O3S. The van der Waals surface area contributed by atoms with Gasteiger partial charge in [-0.2, -0.15) is 4.98 Å². The highest BCUT2D eigenvalue weighted by molar-refractivity contribution is 7.90. The molecule has 4 aromatic rings. The number of benzene rings is 1. The minimum Gasteiger partial charge on any atom is -0.368 e. The van der Waals surface area contributed by atoms with Crippen LogP contribution in [-0.4, -0.2) is 34.6 Å². The summed E-state index contributed by atoms with van der Waals surface area (Å²) in [7, 11) is -3.45. The number of H-pyrrole nitrogens is 1. The lowest BCUT2D eigenvalue weighted by atomic mass is 10.1. The molecule has 3 aromatic heterocycles. The van der Waals surface area contributed by atoms with E-state index in [1.165, 1.54) is 24.7 Å². The Morgan fingerprint density at radius 1 is 1.19 bits per heavy atom. The third-order valence-electron chi connectivity index (χ3n) is 4.92. The Balaban J connectivity index is 1.75. The van der Waals surface area contributed by atoms with E-state index in [4.69, 9.17) is 17.3 Å². The molecule has 0 spiro atoms. The van der Waals surface area contributed by atoms with Gasteiger partial charge in [0.25, 0.3) is 5.56 Å². The Kier molecular flexibility index (Phi) is 5.57. The molecular weight excluding hydrogens is 452 g/mol. The first kappa shape index (κ1) is 21.7. The zero-order chi connectivity index (χ0) is 23.0. The molecule has 11 heteroatoms. The first-order valence-electron chi connectivity index (χ1n) is 9.49. The normalized spacial score (nSPS) is 12.6. The predicted octanol–water partition coefficient (Wildman–Crippen LogP) is 3.19. The summed E-state index contributed by atoms with van der Waals surface area (Å²) in [5.74, 6) is 0.402. The monoisotopic (exact) mass is 470 g/mol. The molecule has 1 atom stereocenters. The van der Waals surface area contributed by atoms with Gasteiger partial charge in [0.15, 0.2) is 9.84 Å². The van der Waals surface area contributed by atoms with Crippen LogP contribution >= 0.6 is 11.6 Å². The van der Waals surface area contributed by atoms with E-state index in [0.717, 1.165) is 6.26 Å². The maximum atomic E-state index is 12.6. The van der Waals surface area contributed by atoms with Crippen molar-refractivity contribution in [3.8, 4) is 11.1 Å². The van der Waals surface area contributed by atoms with Crippen molar-refractivity contribution in [3.05, 3.63) is 70.0 Å². The lowest BCUT2D eigenvalue weighted by molar-refractivity contribution is 0.601. The fraction of sp³-hybridized carbons (Fsp3) is 0.143. The third kappa shape index (κ3) is 4.27. The van der Waals surface area contributed by atoms with Crippen molar-refractivity contribution in [1.29, 1.82) is 0 Å². The highest BCUT2D eigenvalue weighted by atomic mass is 35.5. The molecule has 4 rings (SSSR count). The van der Waals surface area contributed by atoms with Crippen molar-refractivity contribution in [2.75, 3.05) is 17.3 Å². The minimum absolute atomic E-state index is 0.0365. The molecule has 0 aliphatic carbocycles. The number of anilines is 2. The second-order valence-electron chi connectivity index (χ2n) is 7.30. The maximum absolute atomic E-state index is 12.6. The number of rotatable bonds is 5. The molecule has 164 valence electrons. The van der Waals surface area contributed by atoms with Crippen molar-refractivity contribution in [2.24, 2.45) is 0 Å². The fourth-order valence-electron chi connectivity index (χ4n) is 3.30. The Bertz CT molecular complexity index is 1500. The lowest BCUT2D eigenvalue weighted by Crippen LogP contribution is -2.17. The van der Waals surface area contributed by atoms with Crippen LogP contribution in [0.25, 0.3) is 21.9 Å². The van der Waals surface area contributed by atoms with Gasteiger partial charge in [0.05, 0.1) is 21.3 Å². The van der Waals surface area contributed by atoms with E-state index in [9.17, 15) is 13.2 Å². The molecule has 0 aliphatic heterocycles. The van der Waals surface area contributed by atoms with Crippen molar-refractivity contribution in [3.63, 3.8) is 0 Å². The first-order chi connectivity index (χ1) is 15.1. The number of hydrogen-bond donors (Lipinski definition) is 3. The van der Waals surface area contributed by atoms with Crippen molar-refractivity contribution >= 4 is 44.0 Å². The van der Waals surface area contributed by atoms with Crippen LogP contribution in [0.4, 0.5) is 11.8 Å². The SMILES string of the molecule is C[C@H](Nc1nc(N)ncc1-c1cncc(S(C)(=O)=O)c1)c1cc2cccc(Cl)c2c(=O)[nH]1. The summed E-state index contributed by atoms with van der Waals surface area (Å²) in [6, 6.07) is 8.18. The molecule has 0 fully saturated rings. The van der Waals surface area contributed by atoms with E-state index in [1.54, 1.807) is 12.1 Å². The largest absolute Gasteiger partial charge is 0.368 e. The number of hydrogen-bond acceptors (Lipinski definition) is 8. The average Bonchev–Trinajstić information content (AvgIpc) is 2.73. The summed E-state index contributed by atoms with van der Waals surface area (Å²) in [6.07, 6.45) is 5.39. The molecule has 1 aromatic carbocycles.